The summed E-state index contributed by atoms with van der Waals surface area (Å²) < 4.78 is 16.6. The van der Waals surface area contributed by atoms with E-state index in [9.17, 15) is 4.79 Å². The molecule has 0 amide bonds. The summed E-state index contributed by atoms with van der Waals surface area (Å²) >= 11 is 0. The number of fused-ring (bicyclic) bond motifs is 3. The van der Waals surface area contributed by atoms with Crippen LogP contribution in [0.25, 0.3) is 10.9 Å². The summed E-state index contributed by atoms with van der Waals surface area (Å²) in [4.78, 5) is 15.4. The van der Waals surface area contributed by atoms with E-state index >= 15 is 0 Å². The number of esters is 1. The number of nitrogens with one attached hydrogen (secondary N) is 2. The highest BCUT2D eigenvalue weighted by Crippen LogP contribution is 2.39. The third-order valence-electron chi connectivity index (χ3n) is 3.66. The van der Waals surface area contributed by atoms with Crippen LogP contribution >= 0.6 is 0 Å². The summed E-state index contributed by atoms with van der Waals surface area (Å²) in [5, 5.41) is 3.73. The Morgan fingerprint density at radius 1 is 1.35 bits per heavy atom. The summed E-state index contributed by atoms with van der Waals surface area (Å²) in [5.74, 6) is 0.917. The van der Waals surface area contributed by atoms with Crippen LogP contribution in [0.5, 0.6) is 11.5 Å². The van der Waals surface area contributed by atoms with E-state index in [1.165, 1.54) is 0 Å². The molecule has 0 atom stereocenters. The summed E-state index contributed by atoms with van der Waals surface area (Å²) in [6.45, 7) is 5.78. The van der Waals surface area contributed by atoms with E-state index in [0.717, 1.165) is 30.3 Å². The fraction of sp³-hybridized carbons (Fsp3) is 0.353. The minimum Gasteiger partial charge on any atom is -0.486 e. The van der Waals surface area contributed by atoms with E-state index in [1.54, 1.807) is 12.4 Å². The second kappa shape index (κ2) is 7.09. The number of aromatic amines is 1. The van der Waals surface area contributed by atoms with E-state index in [-0.39, 0.29) is 5.97 Å². The molecule has 0 aliphatic carbocycles. The third-order valence-corrected chi connectivity index (χ3v) is 3.66. The number of rotatable bonds is 7. The van der Waals surface area contributed by atoms with Crippen LogP contribution in [-0.4, -0.2) is 37.3 Å². The van der Waals surface area contributed by atoms with Gasteiger partial charge in [0.15, 0.2) is 11.5 Å². The maximum absolute atomic E-state index is 12.3. The molecular weight excluding hydrogens is 296 g/mol. The first-order valence-corrected chi connectivity index (χ1v) is 7.72. The van der Waals surface area contributed by atoms with Crippen molar-refractivity contribution in [2.75, 3.05) is 26.4 Å². The molecule has 1 aliphatic rings. The molecule has 0 fully saturated rings. The lowest BCUT2D eigenvalue weighted by Gasteiger charge is -2.19. The van der Waals surface area contributed by atoms with Crippen LogP contribution in [0.15, 0.2) is 31.1 Å². The highest BCUT2D eigenvalue weighted by Gasteiger charge is 2.22. The average Bonchev–Trinajstić information content (AvgIpc) is 3.02. The maximum Gasteiger partial charge on any atom is 0.340 e. The van der Waals surface area contributed by atoms with E-state index in [4.69, 9.17) is 14.2 Å². The lowest BCUT2D eigenvalue weighted by Crippen LogP contribution is -2.16. The highest BCUT2D eigenvalue weighted by atomic mass is 16.6. The van der Waals surface area contributed by atoms with E-state index in [0.29, 0.717) is 36.9 Å². The summed E-state index contributed by atoms with van der Waals surface area (Å²) in [5.41, 5.74) is 1.31. The zero-order valence-electron chi connectivity index (χ0n) is 12.9. The first kappa shape index (κ1) is 15.3. The van der Waals surface area contributed by atoms with Crippen molar-refractivity contribution in [3.05, 3.63) is 36.7 Å². The number of aromatic nitrogens is 1. The quantitative estimate of drug-likeness (QED) is 0.607. The van der Waals surface area contributed by atoms with Crippen LogP contribution in [0.3, 0.4) is 0 Å². The molecule has 0 unspecified atom stereocenters. The molecule has 6 nitrogen and oxygen atoms in total. The van der Waals surface area contributed by atoms with Crippen LogP contribution in [0, 0.1) is 0 Å². The van der Waals surface area contributed by atoms with Crippen molar-refractivity contribution in [1.29, 1.82) is 0 Å². The summed E-state index contributed by atoms with van der Waals surface area (Å²) in [6.07, 6.45) is 5.03. The van der Waals surface area contributed by atoms with Gasteiger partial charge in [0, 0.05) is 12.7 Å². The molecule has 0 spiro atoms. The Bertz CT molecular complexity index is 708. The van der Waals surface area contributed by atoms with Gasteiger partial charge in [-0.05, 0) is 31.2 Å². The third kappa shape index (κ3) is 3.26. The number of benzene rings is 1. The van der Waals surface area contributed by atoms with Gasteiger partial charge in [0.25, 0.3) is 0 Å². The Hall–Kier alpha value is -2.63. The van der Waals surface area contributed by atoms with Crippen molar-refractivity contribution >= 4 is 16.9 Å². The molecule has 23 heavy (non-hydrogen) atoms. The molecule has 2 N–H and O–H groups in total. The van der Waals surface area contributed by atoms with Crippen molar-refractivity contribution < 1.29 is 19.0 Å². The Kier molecular flexibility index (Phi) is 4.71. The Labute approximate surface area is 134 Å². The number of hydrogen-bond acceptors (Lipinski definition) is 5. The number of H-pyrrole nitrogens is 1. The lowest BCUT2D eigenvalue weighted by molar-refractivity contribution is 0.0500. The molecule has 0 saturated heterocycles. The maximum atomic E-state index is 12.3. The molecule has 0 bridgehead atoms. The van der Waals surface area contributed by atoms with Crippen molar-refractivity contribution in [3.8, 4) is 11.5 Å². The molecule has 6 heteroatoms. The molecule has 122 valence electrons. The van der Waals surface area contributed by atoms with E-state index in [2.05, 4.69) is 16.9 Å². The van der Waals surface area contributed by atoms with Gasteiger partial charge in [-0.1, -0.05) is 6.58 Å². The second-order valence-electron chi connectivity index (χ2n) is 5.22. The summed E-state index contributed by atoms with van der Waals surface area (Å²) in [6, 6.07) is 3.72. The molecule has 2 heterocycles. The topological polar surface area (TPSA) is 72.6 Å². The van der Waals surface area contributed by atoms with Gasteiger partial charge in [-0.25, -0.2) is 4.79 Å². The molecular formula is C17H20N2O4. The number of ether oxygens (including phenoxy) is 3. The van der Waals surface area contributed by atoms with Crippen LogP contribution in [0.1, 0.15) is 23.2 Å². The molecule has 1 aromatic heterocycles. The molecule has 0 radical (unpaired) electrons. The van der Waals surface area contributed by atoms with Gasteiger partial charge < -0.3 is 24.5 Å². The fourth-order valence-corrected chi connectivity index (χ4v) is 2.56. The highest BCUT2D eigenvalue weighted by molar-refractivity contribution is 6.07. The lowest BCUT2D eigenvalue weighted by atomic mass is 10.1. The number of carbonyl (C=O) groups excluding carboxylic acids is 1. The number of hydrogen-bond donors (Lipinski definition) is 2. The van der Waals surface area contributed by atoms with Gasteiger partial charge >= 0.3 is 5.97 Å². The van der Waals surface area contributed by atoms with Crippen molar-refractivity contribution in [3.63, 3.8) is 0 Å². The van der Waals surface area contributed by atoms with E-state index < -0.39 is 0 Å². The van der Waals surface area contributed by atoms with Crippen LogP contribution < -0.4 is 14.8 Å². The molecule has 0 saturated carbocycles. The standard InChI is InChI=1S/C17H20N2O4/c1-2-18-7-3-4-8-23-17(20)12-11-19-13-5-6-14-16(15(12)13)22-10-9-21-14/h2,5-6,11,18-19H,1,3-4,7-10H2. The van der Waals surface area contributed by atoms with Gasteiger partial charge in [-0.3, -0.25) is 0 Å². The normalized spacial score (nSPS) is 12.9. The fourth-order valence-electron chi connectivity index (χ4n) is 2.56. The van der Waals surface area contributed by atoms with Gasteiger partial charge in [-0.2, -0.15) is 0 Å². The minimum atomic E-state index is -0.351. The Morgan fingerprint density at radius 3 is 3.09 bits per heavy atom. The molecule has 3 rings (SSSR count). The van der Waals surface area contributed by atoms with Gasteiger partial charge in [0.1, 0.15) is 13.2 Å². The minimum absolute atomic E-state index is 0.351. The molecule has 1 aliphatic heterocycles. The first-order chi connectivity index (χ1) is 11.3. The Morgan fingerprint density at radius 2 is 2.22 bits per heavy atom. The average molecular weight is 316 g/mol. The van der Waals surface area contributed by atoms with Crippen LogP contribution in [0.4, 0.5) is 0 Å². The smallest absolute Gasteiger partial charge is 0.340 e. The van der Waals surface area contributed by atoms with E-state index in [1.807, 2.05) is 12.1 Å². The second-order valence-corrected chi connectivity index (χ2v) is 5.22. The SMILES string of the molecule is C=CNCCCCOC(=O)c1c[nH]c2ccc3c(c12)OCCO3. The predicted octanol–water partition coefficient (Wildman–Crippen LogP) is 2.61. The van der Waals surface area contributed by atoms with Gasteiger partial charge in [-0.15, -0.1) is 0 Å². The largest absolute Gasteiger partial charge is 0.486 e. The van der Waals surface area contributed by atoms with Gasteiger partial charge in [0.2, 0.25) is 0 Å². The number of unbranched alkanes of at least 4 members (excludes halogenated alkanes) is 1. The monoisotopic (exact) mass is 316 g/mol. The predicted molar refractivity (Wildman–Crippen MR) is 87.0 cm³/mol. The van der Waals surface area contributed by atoms with Crippen molar-refractivity contribution in [2.45, 2.75) is 12.8 Å². The molecule has 1 aromatic carbocycles. The zero-order chi connectivity index (χ0) is 16.1. The van der Waals surface area contributed by atoms with Crippen LogP contribution in [-0.2, 0) is 4.74 Å². The van der Waals surface area contributed by atoms with Crippen molar-refractivity contribution in [1.82, 2.24) is 10.3 Å². The Balaban J connectivity index is 1.70. The number of carbonyl (C=O) groups is 1. The zero-order valence-corrected chi connectivity index (χ0v) is 12.9. The van der Waals surface area contributed by atoms with Crippen LogP contribution in [0.2, 0.25) is 0 Å². The van der Waals surface area contributed by atoms with Crippen molar-refractivity contribution in [2.24, 2.45) is 0 Å². The first-order valence-electron chi connectivity index (χ1n) is 7.72. The van der Waals surface area contributed by atoms with Gasteiger partial charge in [0.05, 0.1) is 23.1 Å². The molecule has 2 aromatic rings. The summed E-state index contributed by atoms with van der Waals surface area (Å²) in [7, 11) is 0.